The van der Waals surface area contributed by atoms with Crippen LogP contribution in [0, 0.1) is 0 Å². The number of rotatable bonds is 9. The number of anilines is 1. The van der Waals surface area contributed by atoms with Gasteiger partial charge in [-0.3, -0.25) is 15.1 Å². The molecule has 2 amide bonds. The number of carboxylic acids is 1. The Morgan fingerprint density at radius 1 is 1.00 bits per heavy atom. The van der Waals surface area contributed by atoms with Crippen LogP contribution in [-0.2, 0) is 25.5 Å². The molecule has 1 atom stereocenters. The number of carbonyl (C=O) groups is 3. The number of aromatic nitrogens is 1. The van der Waals surface area contributed by atoms with Crippen LogP contribution >= 0.6 is 0 Å². The van der Waals surface area contributed by atoms with E-state index in [9.17, 15) is 14.4 Å². The summed E-state index contributed by atoms with van der Waals surface area (Å²) in [5, 5.41) is 14.1. The Hall–Kier alpha value is -4.24. The van der Waals surface area contributed by atoms with Crippen LogP contribution in [-0.4, -0.2) is 54.4 Å². The van der Waals surface area contributed by atoms with E-state index in [1.807, 2.05) is 24.3 Å². The molecule has 180 valence electrons. The van der Waals surface area contributed by atoms with Gasteiger partial charge in [-0.1, -0.05) is 48.5 Å². The van der Waals surface area contributed by atoms with Crippen molar-refractivity contribution in [3.63, 3.8) is 0 Å². The number of nitrogens with zero attached hydrogens (tertiary/aromatic N) is 1. The van der Waals surface area contributed by atoms with Crippen molar-refractivity contribution in [3.8, 4) is 11.1 Å². The summed E-state index contributed by atoms with van der Waals surface area (Å²) in [7, 11) is 1.26. The number of ether oxygens (including phenoxy) is 2. The number of pyridine rings is 1. The monoisotopic (exact) mass is 475 g/mol. The number of amides is 2. The summed E-state index contributed by atoms with van der Waals surface area (Å²) in [5.74, 6) is -1.58. The molecule has 35 heavy (non-hydrogen) atoms. The molecular weight excluding hydrogens is 450 g/mol. The molecule has 1 aliphatic rings. The summed E-state index contributed by atoms with van der Waals surface area (Å²) in [6, 6.07) is 19.4. The highest BCUT2D eigenvalue weighted by Crippen LogP contribution is 2.44. The van der Waals surface area contributed by atoms with Crippen molar-refractivity contribution < 1.29 is 29.0 Å². The van der Waals surface area contributed by atoms with Crippen LogP contribution in [0.1, 0.15) is 22.7 Å². The largest absolute Gasteiger partial charge is 0.479 e. The van der Waals surface area contributed by atoms with Crippen LogP contribution in [0.25, 0.3) is 11.1 Å². The van der Waals surface area contributed by atoms with Gasteiger partial charge >= 0.3 is 12.1 Å². The molecule has 1 unspecified atom stereocenters. The number of nitrogens with one attached hydrogen (secondary N) is 2. The van der Waals surface area contributed by atoms with Gasteiger partial charge in [-0.05, 0) is 34.4 Å². The minimum absolute atomic E-state index is 0.0361. The second kappa shape index (κ2) is 10.8. The Kier molecular flexibility index (Phi) is 7.37. The number of carboxylic acid groups (broad SMARTS) is 1. The number of carbonyl (C=O) groups excluding carboxylic acids is 2. The molecule has 0 radical (unpaired) electrons. The summed E-state index contributed by atoms with van der Waals surface area (Å²) in [6.45, 7) is 0.0520. The van der Waals surface area contributed by atoms with Crippen molar-refractivity contribution in [2.24, 2.45) is 0 Å². The highest BCUT2D eigenvalue weighted by molar-refractivity contribution is 5.85. The molecule has 1 heterocycles. The number of methoxy groups -OCH3 is 1. The van der Waals surface area contributed by atoms with Crippen LogP contribution < -0.4 is 10.6 Å². The molecule has 1 aliphatic carbocycles. The fourth-order valence-corrected chi connectivity index (χ4v) is 4.06. The molecule has 3 N–H and O–H groups in total. The minimum atomic E-state index is -1.16. The smallest absolute Gasteiger partial charge is 0.411 e. The first kappa shape index (κ1) is 23.9. The lowest BCUT2D eigenvalue weighted by atomic mass is 9.98. The van der Waals surface area contributed by atoms with E-state index in [2.05, 4.69) is 39.9 Å². The minimum Gasteiger partial charge on any atom is -0.479 e. The fraction of sp³-hybridized carbons (Fsp3) is 0.231. The third-order valence-corrected chi connectivity index (χ3v) is 5.80. The lowest BCUT2D eigenvalue weighted by molar-refractivity contribution is -0.148. The van der Waals surface area contributed by atoms with Crippen molar-refractivity contribution in [3.05, 3.63) is 83.7 Å². The van der Waals surface area contributed by atoms with Crippen LogP contribution in [0.2, 0.25) is 0 Å². The third kappa shape index (κ3) is 5.64. The van der Waals surface area contributed by atoms with Crippen LogP contribution in [0.3, 0.4) is 0 Å². The van der Waals surface area contributed by atoms with Gasteiger partial charge in [0.2, 0.25) is 5.91 Å². The van der Waals surface area contributed by atoms with Gasteiger partial charge in [0.25, 0.3) is 0 Å². The molecule has 9 nitrogen and oxygen atoms in total. The molecule has 0 saturated carbocycles. The van der Waals surface area contributed by atoms with E-state index in [1.54, 1.807) is 12.1 Å². The summed E-state index contributed by atoms with van der Waals surface area (Å²) in [5.41, 5.74) is 5.46. The fourth-order valence-electron chi connectivity index (χ4n) is 4.06. The van der Waals surface area contributed by atoms with Crippen molar-refractivity contribution in [2.75, 3.05) is 25.6 Å². The Morgan fingerprint density at radius 3 is 2.23 bits per heavy atom. The molecule has 1 aromatic heterocycles. The first-order chi connectivity index (χ1) is 17.0. The van der Waals surface area contributed by atoms with E-state index in [-0.39, 0.29) is 25.5 Å². The maximum absolute atomic E-state index is 12.4. The van der Waals surface area contributed by atoms with Crippen molar-refractivity contribution in [2.45, 2.75) is 18.4 Å². The van der Waals surface area contributed by atoms with E-state index < -0.39 is 24.1 Å². The number of aliphatic carboxylic acids is 1. The van der Waals surface area contributed by atoms with E-state index in [0.717, 1.165) is 22.3 Å². The van der Waals surface area contributed by atoms with Gasteiger partial charge in [-0.25, -0.2) is 9.59 Å². The predicted octanol–water partition coefficient (Wildman–Crippen LogP) is 3.20. The van der Waals surface area contributed by atoms with E-state index in [0.29, 0.717) is 11.4 Å². The van der Waals surface area contributed by atoms with Gasteiger partial charge in [0.1, 0.15) is 6.61 Å². The Labute approximate surface area is 202 Å². The van der Waals surface area contributed by atoms with Gasteiger partial charge in [-0.2, -0.15) is 0 Å². The summed E-state index contributed by atoms with van der Waals surface area (Å²) in [6.07, 6.45) is -0.324. The lowest BCUT2D eigenvalue weighted by Crippen LogP contribution is -2.38. The van der Waals surface area contributed by atoms with Crippen LogP contribution in [0.15, 0.2) is 66.9 Å². The number of hydrogen-bond donors (Lipinski definition) is 3. The molecule has 4 rings (SSSR count). The second-order valence-corrected chi connectivity index (χ2v) is 8.03. The SMILES string of the molecule is COC(CNC(=O)Cc1ccc(NC(=O)OCC2c3ccccc3-c3ccccc32)cn1)C(=O)O. The molecular formula is C26H25N3O6. The van der Waals surface area contributed by atoms with Crippen molar-refractivity contribution in [1.29, 1.82) is 0 Å². The first-order valence-corrected chi connectivity index (χ1v) is 11.1. The molecule has 0 aliphatic heterocycles. The van der Waals surface area contributed by atoms with Gasteiger partial charge in [-0.15, -0.1) is 0 Å². The third-order valence-electron chi connectivity index (χ3n) is 5.80. The highest BCUT2D eigenvalue weighted by atomic mass is 16.5. The average Bonchev–Trinajstić information content (AvgIpc) is 3.18. The molecule has 0 saturated heterocycles. The highest BCUT2D eigenvalue weighted by Gasteiger charge is 2.29. The van der Waals surface area contributed by atoms with E-state index in [4.69, 9.17) is 14.6 Å². The van der Waals surface area contributed by atoms with Gasteiger partial charge in [0, 0.05) is 18.7 Å². The normalized spacial score (nSPS) is 12.8. The number of hydrogen-bond acceptors (Lipinski definition) is 6. The van der Waals surface area contributed by atoms with Crippen LogP contribution in [0.4, 0.5) is 10.5 Å². The zero-order valence-corrected chi connectivity index (χ0v) is 19.1. The number of benzene rings is 2. The lowest BCUT2D eigenvalue weighted by Gasteiger charge is -2.14. The molecule has 0 spiro atoms. The molecule has 0 fully saturated rings. The topological polar surface area (TPSA) is 127 Å². The van der Waals surface area contributed by atoms with Gasteiger partial charge in [0.05, 0.1) is 24.8 Å². The summed E-state index contributed by atoms with van der Waals surface area (Å²) < 4.78 is 10.3. The standard InChI is InChI=1S/C26H25N3O6/c1-34-23(25(31)32)14-28-24(30)12-16-10-11-17(13-27-16)29-26(33)35-15-22-20-8-4-2-6-18(20)19-7-3-5-9-21(19)22/h2-11,13,22-23H,12,14-15H2,1H3,(H,28,30)(H,29,33)(H,31,32). The zero-order chi connectivity index (χ0) is 24.8. The summed E-state index contributed by atoms with van der Waals surface area (Å²) in [4.78, 5) is 39.5. The van der Waals surface area contributed by atoms with E-state index >= 15 is 0 Å². The van der Waals surface area contributed by atoms with Gasteiger partial charge < -0.3 is 19.9 Å². The first-order valence-electron chi connectivity index (χ1n) is 11.1. The Morgan fingerprint density at radius 2 is 1.66 bits per heavy atom. The van der Waals surface area contributed by atoms with E-state index in [1.165, 1.54) is 13.3 Å². The molecule has 0 bridgehead atoms. The summed E-state index contributed by atoms with van der Waals surface area (Å²) >= 11 is 0. The zero-order valence-electron chi connectivity index (χ0n) is 19.1. The number of fused-ring (bicyclic) bond motifs is 3. The quantitative estimate of drug-likeness (QED) is 0.434. The van der Waals surface area contributed by atoms with Crippen LogP contribution in [0.5, 0.6) is 0 Å². The molecule has 2 aromatic carbocycles. The van der Waals surface area contributed by atoms with Crippen molar-refractivity contribution in [1.82, 2.24) is 10.3 Å². The Balaban J connectivity index is 1.29. The predicted molar refractivity (Wildman–Crippen MR) is 128 cm³/mol. The van der Waals surface area contributed by atoms with Gasteiger partial charge in [0.15, 0.2) is 6.10 Å². The molecule has 3 aromatic rings. The van der Waals surface area contributed by atoms with Crippen molar-refractivity contribution >= 4 is 23.7 Å². The maximum Gasteiger partial charge on any atom is 0.411 e. The second-order valence-electron chi connectivity index (χ2n) is 8.03. The Bertz CT molecular complexity index is 1180. The average molecular weight is 476 g/mol. The maximum atomic E-state index is 12.4. The molecule has 9 heteroatoms.